The molecule has 0 saturated carbocycles. The first-order chi connectivity index (χ1) is 26.1. The fourth-order valence-corrected chi connectivity index (χ4v) is 10.1. The Morgan fingerprint density at radius 3 is 2.26 bits per heavy atom. The number of allylic oxidation sites excluding steroid dienone is 1. The van der Waals surface area contributed by atoms with E-state index in [0.717, 1.165) is 50.8 Å². The van der Waals surface area contributed by atoms with Crippen LogP contribution in [-0.4, -0.2) is 14.4 Å². The van der Waals surface area contributed by atoms with Gasteiger partial charge in [-0.3, -0.25) is 9.38 Å². The number of aromatic nitrogens is 3. The van der Waals surface area contributed by atoms with Gasteiger partial charge in [0.05, 0.1) is 26.9 Å². The Bertz CT molecular complexity index is 3380. The molecule has 12 rings (SSSR count). The molecule has 7 aromatic carbocycles. The summed E-state index contributed by atoms with van der Waals surface area (Å²) in [4.78, 5) is 10.3. The molecule has 1 aliphatic rings. The Morgan fingerprint density at radius 1 is 0.585 bits per heavy atom. The fraction of sp³-hybridized carbons (Fsp3) is 0.0612. The number of benzene rings is 7. The van der Waals surface area contributed by atoms with E-state index >= 15 is 0 Å². The zero-order valence-electron chi connectivity index (χ0n) is 29.0. The summed E-state index contributed by atoms with van der Waals surface area (Å²) in [5, 5.41) is 11.2. The van der Waals surface area contributed by atoms with Crippen LogP contribution in [0.25, 0.3) is 109 Å². The summed E-state index contributed by atoms with van der Waals surface area (Å²) in [7, 11) is 0. The third kappa shape index (κ3) is 4.27. The van der Waals surface area contributed by atoms with Gasteiger partial charge >= 0.3 is 0 Å². The number of fused-ring (bicyclic) bond motifs is 14. The van der Waals surface area contributed by atoms with Crippen LogP contribution in [0, 0.1) is 0 Å². The first-order valence-electron chi connectivity index (χ1n) is 18.4. The number of pyridine rings is 2. The Labute approximate surface area is 309 Å². The first kappa shape index (κ1) is 29.2. The second-order valence-electron chi connectivity index (χ2n) is 14.7. The Kier molecular flexibility index (Phi) is 5.98. The van der Waals surface area contributed by atoms with E-state index in [2.05, 4.69) is 157 Å². The lowest BCUT2D eigenvalue weighted by molar-refractivity contribution is 0.773. The van der Waals surface area contributed by atoms with Crippen LogP contribution in [0.1, 0.15) is 30.4 Å². The zero-order chi connectivity index (χ0) is 34.8. The number of hydrogen-bond acceptors (Lipinski definition) is 3. The molecule has 0 aliphatic heterocycles. The van der Waals surface area contributed by atoms with E-state index in [4.69, 9.17) is 9.97 Å². The average molecular weight is 694 g/mol. The lowest BCUT2D eigenvalue weighted by Gasteiger charge is -2.18. The largest absolute Gasteiger partial charge is 0.291 e. The molecule has 1 unspecified atom stereocenters. The molecule has 11 aromatic rings. The SMILES string of the molecule is CC1CC=Cc2cc3cc4c(cc3cc21)nc1c2sc3c5ccccc5ccc3c2cc(-c2ccc(-c3ccc5c(c3)ncc3ccccc35)cc2)n41. The molecule has 0 radical (unpaired) electrons. The molecule has 3 nitrogen and oxygen atoms in total. The summed E-state index contributed by atoms with van der Waals surface area (Å²) in [5.41, 5.74) is 11.6. The van der Waals surface area contributed by atoms with Gasteiger partial charge in [-0.2, -0.15) is 0 Å². The lowest BCUT2D eigenvalue weighted by atomic mass is 9.86. The van der Waals surface area contributed by atoms with E-state index in [1.165, 1.54) is 69.2 Å². The van der Waals surface area contributed by atoms with Gasteiger partial charge < -0.3 is 0 Å². The first-order valence-corrected chi connectivity index (χ1v) is 19.2. The van der Waals surface area contributed by atoms with Crippen LogP contribution in [0.4, 0.5) is 0 Å². The van der Waals surface area contributed by atoms with Crippen LogP contribution in [0.2, 0.25) is 0 Å². The number of nitrogens with zero attached hydrogens (tertiary/aromatic N) is 3. The Morgan fingerprint density at radius 2 is 1.36 bits per heavy atom. The van der Waals surface area contributed by atoms with Crippen molar-refractivity contribution in [2.24, 2.45) is 0 Å². The highest BCUT2D eigenvalue weighted by Gasteiger charge is 2.20. The van der Waals surface area contributed by atoms with Crippen molar-refractivity contribution in [2.75, 3.05) is 0 Å². The maximum atomic E-state index is 5.45. The van der Waals surface area contributed by atoms with Crippen LogP contribution < -0.4 is 0 Å². The van der Waals surface area contributed by atoms with Gasteiger partial charge in [0, 0.05) is 32.4 Å². The van der Waals surface area contributed by atoms with Gasteiger partial charge in [-0.05, 0) is 97.4 Å². The fourth-order valence-electron chi connectivity index (χ4n) is 8.84. The Hall–Kier alpha value is -6.36. The minimum absolute atomic E-state index is 0.518. The molecule has 53 heavy (non-hydrogen) atoms. The molecule has 0 amide bonds. The molecular weight excluding hydrogens is 663 g/mol. The van der Waals surface area contributed by atoms with Crippen LogP contribution in [0.5, 0.6) is 0 Å². The average Bonchev–Trinajstić information content (AvgIpc) is 3.77. The topological polar surface area (TPSA) is 30.2 Å². The van der Waals surface area contributed by atoms with E-state index in [1.54, 1.807) is 0 Å². The summed E-state index contributed by atoms with van der Waals surface area (Å²) in [5.74, 6) is 0.518. The molecule has 248 valence electrons. The minimum atomic E-state index is 0.518. The highest BCUT2D eigenvalue weighted by molar-refractivity contribution is 7.27. The third-order valence-corrected chi connectivity index (χ3v) is 12.8. The molecular formula is C49H31N3S. The van der Waals surface area contributed by atoms with Crippen molar-refractivity contribution in [1.29, 1.82) is 0 Å². The highest BCUT2D eigenvalue weighted by Crippen LogP contribution is 2.44. The van der Waals surface area contributed by atoms with Gasteiger partial charge in [0.15, 0.2) is 5.65 Å². The van der Waals surface area contributed by atoms with Crippen molar-refractivity contribution in [3.63, 3.8) is 0 Å². The molecule has 0 fully saturated rings. The van der Waals surface area contributed by atoms with Crippen molar-refractivity contribution < 1.29 is 0 Å². The van der Waals surface area contributed by atoms with E-state index < -0.39 is 0 Å². The summed E-state index contributed by atoms with van der Waals surface area (Å²) in [6, 6.07) is 49.3. The normalized spacial score (nSPS) is 14.5. The van der Waals surface area contributed by atoms with Crippen molar-refractivity contribution in [3.8, 4) is 22.4 Å². The molecule has 4 aromatic heterocycles. The molecule has 0 N–H and O–H groups in total. The molecule has 4 heterocycles. The lowest BCUT2D eigenvalue weighted by Crippen LogP contribution is -1.99. The monoisotopic (exact) mass is 693 g/mol. The zero-order valence-corrected chi connectivity index (χ0v) is 29.8. The van der Waals surface area contributed by atoms with E-state index in [-0.39, 0.29) is 0 Å². The maximum Gasteiger partial charge on any atom is 0.156 e. The van der Waals surface area contributed by atoms with Gasteiger partial charge in [-0.25, -0.2) is 4.98 Å². The van der Waals surface area contributed by atoms with Gasteiger partial charge in [0.25, 0.3) is 0 Å². The number of thiophene rings is 1. The quantitative estimate of drug-likeness (QED) is 0.169. The summed E-state index contributed by atoms with van der Waals surface area (Å²) < 4.78 is 4.95. The molecule has 0 spiro atoms. The summed E-state index contributed by atoms with van der Waals surface area (Å²) >= 11 is 1.87. The molecule has 0 bridgehead atoms. The molecule has 0 saturated heterocycles. The number of hydrogen-bond donors (Lipinski definition) is 0. The van der Waals surface area contributed by atoms with Gasteiger partial charge in [0.2, 0.25) is 0 Å². The standard InChI is InChI=1S/C49H31N3S/c1-28-7-6-10-33-21-35-25-46-44(24-36(35)22-41(28)33)51-49-48-42(40-20-17-30-8-2-5-12-38(30)47(40)53-48)26-45(52(46)49)31-15-13-29(14-16-31)32-18-19-39-37-11-4-3-9-34(37)27-50-43(39)23-32/h2-6,8-28H,7H2,1H3. The van der Waals surface area contributed by atoms with Gasteiger partial charge in [-0.1, -0.05) is 122 Å². The summed E-state index contributed by atoms with van der Waals surface area (Å²) in [6.45, 7) is 2.33. The van der Waals surface area contributed by atoms with Crippen LogP contribution in [-0.2, 0) is 0 Å². The molecule has 1 atom stereocenters. The minimum Gasteiger partial charge on any atom is -0.291 e. The van der Waals surface area contributed by atoms with Crippen LogP contribution in [0.3, 0.4) is 0 Å². The van der Waals surface area contributed by atoms with Crippen LogP contribution in [0.15, 0.2) is 146 Å². The highest BCUT2D eigenvalue weighted by atomic mass is 32.1. The third-order valence-electron chi connectivity index (χ3n) is 11.6. The van der Waals surface area contributed by atoms with Crippen LogP contribution >= 0.6 is 11.3 Å². The second kappa shape index (κ2) is 10.8. The smallest absolute Gasteiger partial charge is 0.156 e. The van der Waals surface area contributed by atoms with Crippen molar-refractivity contribution in [2.45, 2.75) is 19.3 Å². The van der Waals surface area contributed by atoms with E-state index in [0.29, 0.717) is 5.92 Å². The predicted octanol–water partition coefficient (Wildman–Crippen LogP) is 13.7. The van der Waals surface area contributed by atoms with E-state index in [9.17, 15) is 0 Å². The van der Waals surface area contributed by atoms with Crippen molar-refractivity contribution >= 4 is 97.5 Å². The van der Waals surface area contributed by atoms with Crippen molar-refractivity contribution in [3.05, 3.63) is 157 Å². The Balaban J connectivity index is 1.09. The number of imidazole rings is 1. The number of rotatable bonds is 2. The van der Waals surface area contributed by atoms with Gasteiger partial charge in [0.1, 0.15) is 0 Å². The van der Waals surface area contributed by atoms with Crippen molar-refractivity contribution in [1.82, 2.24) is 14.4 Å². The maximum absolute atomic E-state index is 5.45. The van der Waals surface area contributed by atoms with Gasteiger partial charge in [-0.15, -0.1) is 11.3 Å². The summed E-state index contributed by atoms with van der Waals surface area (Å²) in [6.07, 6.45) is 7.67. The second-order valence-corrected chi connectivity index (χ2v) is 15.7. The molecule has 1 aliphatic carbocycles. The predicted molar refractivity (Wildman–Crippen MR) is 226 cm³/mol. The van der Waals surface area contributed by atoms with E-state index in [1.807, 2.05) is 17.5 Å². The molecule has 4 heteroatoms.